The summed E-state index contributed by atoms with van der Waals surface area (Å²) in [5, 5.41) is 12.4. The number of likely N-dealkylation sites (tertiary alicyclic amines) is 1. The lowest BCUT2D eigenvalue weighted by molar-refractivity contribution is 0.107. The van der Waals surface area contributed by atoms with Gasteiger partial charge in [-0.25, -0.2) is 4.68 Å². The molecule has 0 unspecified atom stereocenters. The summed E-state index contributed by atoms with van der Waals surface area (Å²) < 4.78 is 12.8. The van der Waals surface area contributed by atoms with Gasteiger partial charge in [-0.15, -0.1) is 5.10 Å². The minimum absolute atomic E-state index is 0.0564. The standard InChI is InChI=1S/C15H24N6O2/c1-10-16-14(23-18-10)13-6-12(22-5)9-20(13)7-11-8-21(19-17-11)15(2,3)4/h8,12-13H,6-7,9H2,1-5H3/t12-,13+/m0/s1. The normalized spacial score (nSPS) is 22.8. The number of hydrogen-bond acceptors (Lipinski definition) is 7. The molecule has 0 aromatic carbocycles. The first kappa shape index (κ1) is 16.1. The largest absolute Gasteiger partial charge is 0.380 e. The Morgan fingerprint density at radius 1 is 1.39 bits per heavy atom. The quantitative estimate of drug-likeness (QED) is 0.847. The summed E-state index contributed by atoms with van der Waals surface area (Å²) in [4.78, 5) is 6.64. The van der Waals surface area contributed by atoms with Crippen molar-refractivity contribution in [1.82, 2.24) is 30.0 Å². The lowest BCUT2D eigenvalue weighted by Crippen LogP contribution is -2.25. The first-order chi connectivity index (χ1) is 10.9. The lowest BCUT2D eigenvalue weighted by Gasteiger charge is -2.20. The average Bonchev–Trinajstić information content (AvgIpc) is 3.17. The van der Waals surface area contributed by atoms with Gasteiger partial charge in [0.25, 0.3) is 0 Å². The van der Waals surface area contributed by atoms with Gasteiger partial charge < -0.3 is 9.26 Å². The fourth-order valence-electron chi connectivity index (χ4n) is 2.82. The van der Waals surface area contributed by atoms with Gasteiger partial charge in [0, 0.05) is 20.2 Å². The predicted octanol–water partition coefficient (Wildman–Crippen LogP) is 1.69. The van der Waals surface area contributed by atoms with Crippen LogP contribution in [0.2, 0.25) is 0 Å². The second kappa shape index (κ2) is 6.01. The highest BCUT2D eigenvalue weighted by atomic mass is 16.5. The van der Waals surface area contributed by atoms with Crippen molar-refractivity contribution in [2.24, 2.45) is 0 Å². The fourth-order valence-corrected chi connectivity index (χ4v) is 2.82. The molecule has 1 fully saturated rings. The third-order valence-corrected chi connectivity index (χ3v) is 4.12. The molecule has 2 aromatic rings. The molecular formula is C15H24N6O2. The van der Waals surface area contributed by atoms with Crippen molar-refractivity contribution in [2.75, 3.05) is 13.7 Å². The molecule has 0 bridgehead atoms. The number of ether oxygens (including phenoxy) is 1. The molecule has 2 atom stereocenters. The number of nitrogens with zero attached hydrogens (tertiary/aromatic N) is 6. The molecule has 1 aliphatic rings. The van der Waals surface area contributed by atoms with Gasteiger partial charge >= 0.3 is 0 Å². The summed E-state index contributed by atoms with van der Waals surface area (Å²) in [6.07, 6.45) is 2.99. The monoisotopic (exact) mass is 320 g/mol. The number of rotatable bonds is 4. The van der Waals surface area contributed by atoms with Crippen LogP contribution in [0.5, 0.6) is 0 Å². The highest BCUT2D eigenvalue weighted by Crippen LogP contribution is 2.33. The Morgan fingerprint density at radius 2 is 2.17 bits per heavy atom. The van der Waals surface area contributed by atoms with E-state index >= 15 is 0 Å². The molecule has 0 radical (unpaired) electrons. The summed E-state index contributed by atoms with van der Waals surface area (Å²) in [7, 11) is 1.74. The van der Waals surface area contributed by atoms with Gasteiger partial charge in [0.15, 0.2) is 5.82 Å². The van der Waals surface area contributed by atoms with E-state index in [0.29, 0.717) is 18.3 Å². The summed E-state index contributed by atoms with van der Waals surface area (Å²) in [5.41, 5.74) is 0.854. The van der Waals surface area contributed by atoms with E-state index in [-0.39, 0.29) is 17.7 Å². The second-order valence-corrected chi connectivity index (χ2v) is 7.04. The molecule has 0 spiro atoms. The average molecular weight is 320 g/mol. The van der Waals surface area contributed by atoms with Crippen molar-refractivity contribution in [3.8, 4) is 0 Å². The molecule has 3 heterocycles. The van der Waals surface area contributed by atoms with Crippen molar-refractivity contribution in [3.05, 3.63) is 23.6 Å². The number of methoxy groups -OCH3 is 1. The van der Waals surface area contributed by atoms with Crippen molar-refractivity contribution >= 4 is 0 Å². The van der Waals surface area contributed by atoms with Crippen LogP contribution in [-0.4, -0.2) is 49.8 Å². The van der Waals surface area contributed by atoms with Gasteiger partial charge in [0.2, 0.25) is 5.89 Å². The highest BCUT2D eigenvalue weighted by Gasteiger charge is 2.37. The lowest BCUT2D eigenvalue weighted by atomic mass is 10.1. The zero-order valence-electron chi connectivity index (χ0n) is 14.4. The summed E-state index contributed by atoms with van der Waals surface area (Å²) in [6.45, 7) is 9.63. The van der Waals surface area contributed by atoms with Gasteiger partial charge in [0.05, 0.1) is 29.6 Å². The molecule has 0 N–H and O–H groups in total. The van der Waals surface area contributed by atoms with Gasteiger partial charge in [-0.2, -0.15) is 4.98 Å². The summed E-state index contributed by atoms with van der Waals surface area (Å²) in [6, 6.07) is 0.0564. The Labute approximate surface area is 135 Å². The molecule has 1 saturated heterocycles. The third kappa shape index (κ3) is 3.42. The second-order valence-electron chi connectivity index (χ2n) is 7.04. The predicted molar refractivity (Wildman–Crippen MR) is 82.6 cm³/mol. The molecule has 126 valence electrons. The Bertz CT molecular complexity index is 659. The fraction of sp³-hybridized carbons (Fsp3) is 0.733. The Morgan fingerprint density at radius 3 is 2.74 bits per heavy atom. The van der Waals surface area contributed by atoms with Crippen molar-refractivity contribution < 1.29 is 9.26 Å². The molecule has 0 saturated carbocycles. The molecule has 8 heteroatoms. The van der Waals surface area contributed by atoms with E-state index in [1.807, 2.05) is 17.8 Å². The van der Waals surface area contributed by atoms with E-state index in [9.17, 15) is 0 Å². The third-order valence-electron chi connectivity index (χ3n) is 4.12. The van der Waals surface area contributed by atoms with Crippen molar-refractivity contribution in [2.45, 2.75) is 58.3 Å². The molecule has 2 aromatic heterocycles. The van der Waals surface area contributed by atoms with Crippen LogP contribution in [0.4, 0.5) is 0 Å². The van der Waals surface area contributed by atoms with Crippen LogP contribution in [0.15, 0.2) is 10.7 Å². The maximum atomic E-state index is 5.52. The molecule has 3 rings (SSSR count). The molecule has 0 amide bonds. The zero-order valence-corrected chi connectivity index (χ0v) is 14.4. The van der Waals surface area contributed by atoms with E-state index in [0.717, 1.165) is 18.7 Å². The Hall–Kier alpha value is -1.80. The van der Waals surface area contributed by atoms with E-state index in [1.165, 1.54) is 0 Å². The maximum Gasteiger partial charge on any atom is 0.244 e. The number of hydrogen-bond donors (Lipinski definition) is 0. The Kier molecular flexibility index (Phi) is 4.20. The van der Waals surface area contributed by atoms with Crippen LogP contribution in [0.3, 0.4) is 0 Å². The van der Waals surface area contributed by atoms with Crippen LogP contribution in [0.25, 0.3) is 0 Å². The Balaban J connectivity index is 1.77. The minimum atomic E-state index is -0.0751. The van der Waals surface area contributed by atoms with Crippen LogP contribution < -0.4 is 0 Å². The van der Waals surface area contributed by atoms with Crippen molar-refractivity contribution in [1.29, 1.82) is 0 Å². The molecule has 1 aliphatic heterocycles. The molecule has 23 heavy (non-hydrogen) atoms. The molecular weight excluding hydrogens is 296 g/mol. The van der Waals surface area contributed by atoms with Gasteiger partial charge in [-0.05, 0) is 34.1 Å². The SMILES string of the molecule is CO[C@H]1C[C@H](c2nc(C)no2)N(Cc2cn(C(C)(C)C)nn2)C1. The van der Waals surface area contributed by atoms with Crippen LogP contribution >= 0.6 is 0 Å². The first-order valence-corrected chi connectivity index (χ1v) is 7.85. The first-order valence-electron chi connectivity index (χ1n) is 7.85. The topological polar surface area (TPSA) is 82.1 Å². The summed E-state index contributed by atoms with van der Waals surface area (Å²) in [5.74, 6) is 1.30. The van der Waals surface area contributed by atoms with Crippen LogP contribution in [-0.2, 0) is 16.8 Å². The van der Waals surface area contributed by atoms with Crippen LogP contribution in [0, 0.1) is 6.92 Å². The minimum Gasteiger partial charge on any atom is -0.380 e. The number of aryl methyl sites for hydroxylation is 1. The highest BCUT2D eigenvalue weighted by molar-refractivity contribution is 5.02. The van der Waals surface area contributed by atoms with Crippen molar-refractivity contribution in [3.63, 3.8) is 0 Å². The summed E-state index contributed by atoms with van der Waals surface area (Å²) >= 11 is 0. The van der Waals surface area contributed by atoms with Gasteiger partial charge in [-0.1, -0.05) is 10.4 Å². The van der Waals surface area contributed by atoms with E-state index < -0.39 is 0 Å². The zero-order chi connectivity index (χ0) is 16.6. The van der Waals surface area contributed by atoms with E-state index in [2.05, 4.69) is 46.1 Å². The maximum absolute atomic E-state index is 5.52. The van der Waals surface area contributed by atoms with Gasteiger partial charge in [-0.3, -0.25) is 4.90 Å². The van der Waals surface area contributed by atoms with E-state index in [4.69, 9.17) is 9.26 Å². The van der Waals surface area contributed by atoms with E-state index in [1.54, 1.807) is 7.11 Å². The molecule has 8 nitrogen and oxygen atoms in total. The number of aromatic nitrogens is 5. The van der Waals surface area contributed by atoms with Crippen LogP contribution in [0.1, 0.15) is 50.6 Å². The van der Waals surface area contributed by atoms with Gasteiger partial charge in [0.1, 0.15) is 0 Å². The molecule has 0 aliphatic carbocycles. The smallest absolute Gasteiger partial charge is 0.244 e.